The minimum absolute atomic E-state index is 0.578. The summed E-state index contributed by atoms with van der Waals surface area (Å²) in [5.41, 5.74) is 6.72. The summed E-state index contributed by atoms with van der Waals surface area (Å²) in [6, 6.07) is 0. The van der Waals surface area contributed by atoms with Crippen LogP contribution in [0.15, 0.2) is 10.7 Å². The van der Waals surface area contributed by atoms with Crippen LogP contribution in [0.25, 0.3) is 0 Å². The van der Waals surface area contributed by atoms with Crippen LogP contribution in [-0.2, 0) is 6.42 Å². The summed E-state index contributed by atoms with van der Waals surface area (Å²) in [6.07, 6.45) is 3.92. The maximum atomic E-state index is 5.51. The standard InChI is InChI=1S/C9H14N2OS/c10-3-1-7-5-11-12-9(7)8-2-4-13-6-8/h5,8H,1-4,6,10H2. The molecule has 1 unspecified atom stereocenters. The van der Waals surface area contributed by atoms with E-state index in [1.807, 2.05) is 18.0 Å². The molecule has 1 atom stereocenters. The third-order valence-electron chi connectivity index (χ3n) is 2.39. The van der Waals surface area contributed by atoms with Gasteiger partial charge in [0.2, 0.25) is 0 Å². The van der Waals surface area contributed by atoms with Gasteiger partial charge in [-0.15, -0.1) is 0 Å². The average molecular weight is 198 g/mol. The molecule has 0 aliphatic carbocycles. The Morgan fingerprint density at radius 2 is 2.62 bits per heavy atom. The lowest BCUT2D eigenvalue weighted by molar-refractivity contribution is 0.365. The lowest BCUT2D eigenvalue weighted by Gasteiger charge is -2.05. The molecule has 13 heavy (non-hydrogen) atoms. The van der Waals surface area contributed by atoms with E-state index in [0.717, 1.165) is 12.2 Å². The van der Waals surface area contributed by atoms with Gasteiger partial charge < -0.3 is 10.3 Å². The molecule has 0 bridgehead atoms. The topological polar surface area (TPSA) is 52.0 Å². The lowest BCUT2D eigenvalue weighted by atomic mass is 10.0. The van der Waals surface area contributed by atoms with Crippen LogP contribution in [0.5, 0.6) is 0 Å². The number of nitrogens with zero attached hydrogens (tertiary/aromatic N) is 1. The predicted molar refractivity (Wildman–Crippen MR) is 53.9 cm³/mol. The van der Waals surface area contributed by atoms with Gasteiger partial charge in [-0.3, -0.25) is 0 Å². The second-order valence-corrected chi connectivity index (χ2v) is 4.46. The molecular weight excluding hydrogens is 184 g/mol. The summed E-state index contributed by atoms with van der Waals surface area (Å²) in [5, 5.41) is 3.85. The highest BCUT2D eigenvalue weighted by Gasteiger charge is 2.23. The minimum atomic E-state index is 0.578. The van der Waals surface area contributed by atoms with Crippen LogP contribution in [0.3, 0.4) is 0 Å². The van der Waals surface area contributed by atoms with Crippen LogP contribution in [0.1, 0.15) is 23.7 Å². The van der Waals surface area contributed by atoms with E-state index >= 15 is 0 Å². The Bertz CT molecular complexity index is 268. The molecule has 4 heteroatoms. The molecule has 72 valence electrons. The van der Waals surface area contributed by atoms with Crippen molar-refractivity contribution in [2.24, 2.45) is 5.73 Å². The van der Waals surface area contributed by atoms with E-state index in [1.54, 1.807) is 0 Å². The van der Waals surface area contributed by atoms with Gasteiger partial charge in [0.15, 0.2) is 0 Å². The number of rotatable bonds is 3. The highest BCUT2D eigenvalue weighted by atomic mass is 32.2. The zero-order valence-corrected chi connectivity index (χ0v) is 8.35. The van der Waals surface area contributed by atoms with Gasteiger partial charge in [-0.1, -0.05) is 5.16 Å². The lowest BCUT2D eigenvalue weighted by Crippen LogP contribution is -2.05. The fourth-order valence-corrected chi connectivity index (χ4v) is 2.91. The summed E-state index contributed by atoms with van der Waals surface area (Å²) < 4.78 is 5.28. The van der Waals surface area contributed by atoms with Crippen molar-refractivity contribution in [3.63, 3.8) is 0 Å². The van der Waals surface area contributed by atoms with E-state index in [9.17, 15) is 0 Å². The Kier molecular flexibility index (Phi) is 2.90. The molecule has 1 saturated heterocycles. The SMILES string of the molecule is NCCc1cnoc1C1CCSC1. The number of thioether (sulfide) groups is 1. The van der Waals surface area contributed by atoms with Crippen LogP contribution in [0.4, 0.5) is 0 Å². The molecule has 1 aliphatic heterocycles. The van der Waals surface area contributed by atoms with Crippen molar-refractivity contribution in [2.75, 3.05) is 18.1 Å². The Hall–Kier alpha value is -0.480. The minimum Gasteiger partial charge on any atom is -0.361 e. The summed E-state index contributed by atoms with van der Waals surface area (Å²) in [5.74, 6) is 4.07. The van der Waals surface area contributed by atoms with Crippen molar-refractivity contribution < 1.29 is 4.52 Å². The van der Waals surface area contributed by atoms with Crippen molar-refractivity contribution in [1.29, 1.82) is 0 Å². The molecule has 3 nitrogen and oxygen atoms in total. The third kappa shape index (κ3) is 1.89. The first-order valence-corrected chi connectivity index (χ1v) is 5.78. The maximum Gasteiger partial charge on any atom is 0.143 e. The summed E-state index contributed by atoms with van der Waals surface area (Å²) >= 11 is 1.99. The molecular formula is C9H14N2OS. The average Bonchev–Trinajstić information content (AvgIpc) is 2.71. The molecule has 1 fully saturated rings. The van der Waals surface area contributed by atoms with Gasteiger partial charge in [0.05, 0.1) is 6.20 Å². The molecule has 0 spiro atoms. The van der Waals surface area contributed by atoms with E-state index in [4.69, 9.17) is 10.3 Å². The van der Waals surface area contributed by atoms with Crippen LogP contribution in [0, 0.1) is 0 Å². The number of aromatic nitrogens is 1. The number of hydrogen-bond acceptors (Lipinski definition) is 4. The fraction of sp³-hybridized carbons (Fsp3) is 0.667. The van der Waals surface area contributed by atoms with Gasteiger partial charge in [-0.2, -0.15) is 11.8 Å². The summed E-state index contributed by atoms with van der Waals surface area (Å²) in [4.78, 5) is 0. The Balaban J connectivity index is 2.13. The molecule has 0 aromatic carbocycles. The molecule has 0 amide bonds. The van der Waals surface area contributed by atoms with Gasteiger partial charge in [0.1, 0.15) is 5.76 Å². The predicted octanol–water partition coefficient (Wildman–Crippen LogP) is 1.40. The van der Waals surface area contributed by atoms with Crippen LogP contribution < -0.4 is 5.73 Å². The maximum absolute atomic E-state index is 5.51. The zero-order valence-electron chi connectivity index (χ0n) is 7.53. The monoisotopic (exact) mass is 198 g/mol. The second kappa shape index (κ2) is 4.15. The zero-order chi connectivity index (χ0) is 9.10. The Labute approximate surface area is 82.0 Å². The third-order valence-corrected chi connectivity index (χ3v) is 3.55. The first kappa shape index (κ1) is 9.09. The molecule has 1 aromatic rings. The molecule has 1 aliphatic rings. The normalized spacial score (nSPS) is 22.4. The first-order chi connectivity index (χ1) is 6.42. The highest BCUT2D eigenvalue weighted by Crippen LogP contribution is 2.33. The Morgan fingerprint density at radius 1 is 1.69 bits per heavy atom. The van der Waals surface area contributed by atoms with Crippen molar-refractivity contribution in [1.82, 2.24) is 5.16 Å². The number of nitrogens with two attached hydrogens (primary N) is 1. The second-order valence-electron chi connectivity index (χ2n) is 3.31. The van der Waals surface area contributed by atoms with Gasteiger partial charge >= 0.3 is 0 Å². The van der Waals surface area contributed by atoms with Gasteiger partial charge in [-0.25, -0.2) is 0 Å². The van der Waals surface area contributed by atoms with Crippen molar-refractivity contribution in [3.05, 3.63) is 17.5 Å². The molecule has 0 radical (unpaired) electrons. The quantitative estimate of drug-likeness (QED) is 0.797. The van der Waals surface area contributed by atoms with E-state index in [-0.39, 0.29) is 0 Å². The van der Waals surface area contributed by atoms with Crippen LogP contribution >= 0.6 is 11.8 Å². The van der Waals surface area contributed by atoms with Crippen LogP contribution in [-0.4, -0.2) is 23.2 Å². The first-order valence-electron chi connectivity index (χ1n) is 4.63. The molecule has 2 heterocycles. The molecule has 2 rings (SSSR count). The van der Waals surface area contributed by atoms with E-state index in [0.29, 0.717) is 12.5 Å². The highest BCUT2D eigenvalue weighted by molar-refractivity contribution is 7.99. The van der Waals surface area contributed by atoms with Gasteiger partial charge in [0, 0.05) is 17.2 Å². The van der Waals surface area contributed by atoms with Crippen molar-refractivity contribution in [3.8, 4) is 0 Å². The largest absolute Gasteiger partial charge is 0.361 e. The van der Waals surface area contributed by atoms with Crippen molar-refractivity contribution >= 4 is 11.8 Å². The van der Waals surface area contributed by atoms with E-state index in [2.05, 4.69) is 5.16 Å². The molecule has 1 aromatic heterocycles. The van der Waals surface area contributed by atoms with Crippen molar-refractivity contribution in [2.45, 2.75) is 18.8 Å². The fourth-order valence-electron chi connectivity index (χ4n) is 1.69. The summed E-state index contributed by atoms with van der Waals surface area (Å²) in [6.45, 7) is 0.675. The van der Waals surface area contributed by atoms with Gasteiger partial charge in [-0.05, 0) is 25.1 Å². The smallest absolute Gasteiger partial charge is 0.143 e. The van der Waals surface area contributed by atoms with E-state index in [1.165, 1.54) is 23.5 Å². The summed E-state index contributed by atoms with van der Waals surface area (Å²) in [7, 11) is 0. The molecule has 2 N–H and O–H groups in total. The van der Waals surface area contributed by atoms with E-state index < -0.39 is 0 Å². The Morgan fingerprint density at radius 3 is 3.31 bits per heavy atom. The van der Waals surface area contributed by atoms with Crippen LogP contribution in [0.2, 0.25) is 0 Å². The number of hydrogen-bond donors (Lipinski definition) is 1. The molecule has 0 saturated carbocycles. The van der Waals surface area contributed by atoms with Gasteiger partial charge in [0.25, 0.3) is 0 Å².